The number of ether oxygens (including phenoxy) is 1. The van der Waals surface area contributed by atoms with E-state index in [2.05, 4.69) is 38.0 Å². The summed E-state index contributed by atoms with van der Waals surface area (Å²) in [5.41, 5.74) is 0.0124. The maximum absolute atomic E-state index is 5.97. The Balaban J connectivity index is 2.03. The second-order valence-corrected chi connectivity index (χ2v) is 6.01. The molecule has 0 aromatic heterocycles. The molecular weight excluding hydrogens is 200 g/mol. The van der Waals surface area contributed by atoms with Crippen molar-refractivity contribution in [3.63, 3.8) is 0 Å². The van der Waals surface area contributed by atoms with Crippen molar-refractivity contribution in [1.29, 1.82) is 0 Å². The van der Waals surface area contributed by atoms with Gasteiger partial charge < -0.3 is 10.1 Å². The molecule has 3 nitrogen and oxygen atoms in total. The molecule has 1 saturated heterocycles. The van der Waals surface area contributed by atoms with Crippen molar-refractivity contribution >= 4 is 0 Å². The van der Waals surface area contributed by atoms with E-state index >= 15 is 0 Å². The first-order valence-electron chi connectivity index (χ1n) is 6.61. The van der Waals surface area contributed by atoms with Crippen LogP contribution in [-0.2, 0) is 4.74 Å². The van der Waals surface area contributed by atoms with E-state index in [1.54, 1.807) is 0 Å². The van der Waals surface area contributed by atoms with Gasteiger partial charge in [0.1, 0.15) is 0 Å². The van der Waals surface area contributed by atoms with Crippen molar-refractivity contribution in [3.05, 3.63) is 0 Å². The molecule has 1 aliphatic heterocycles. The van der Waals surface area contributed by atoms with Crippen LogP contribution in [0.3, 0.4) is 0 Å². The average molecular weight is 226 g/mol. The van der Waals surface area contributed by atoms with E-state index in [1.165, 1.54) is 19.3 Å². The lowest BCUT2D eigenvalue weighted by molar-refractivity contribution is -0.138. The monoisotopic (exact) mass is 226 g/mol. The number of rotatable bonds is 2. The van der Waals surface area contributed by atoms with E-state index in [9.17, 15) is 0 Å². The Hall–Kier alpha value is -0.120. The number of hydrogen-bond donors (Lipinski definition) is 1. The molecule has 94 valence electrons. The van der Waals surface area contributed by atoms with Crippen LogP contribution in [0.4, 0.5) is 0 Å². The van der Waals surface area contributed by atoms with Gasteiger partial charge in [0.2, 0.25) is 0 Å². The van der Waals surface area contributed by atoms with Crippen molar-refractivity contribution in [1.82, 2.24) is 10.2 Å². The Morgan fingerprint density at radius 3 is 2.69 bits per heavy atom. The van der Waals surface area contributed by atoms with Gasteiger partial charge in [0.15, 0.2) is 0 Å². The minimum absolute atomic E-state index is 0.0124. The molecule has 1 aliphatic carbocycles. The predicted molar refractivity (Wildman–Crippen MR) is 66.7 cm³/mol. The lowest BCUT2D eigenvalue weighted by Crippen LogP contribution is -2.58. The molecule has 3 unspecified atom stereocenters. The molecule has 0 aromatic carbocycles. The highest BCUT2D eigenvalue weighted by Gasteiger charge is 2.38. The molecule has 16 heavy (non-hydrogen) atoms. The van der Waals surface area contributed by atoms with Crippen LogP contribution < -0.4 is 5.32 Å². The van der Waals surface area contributed by atoms with Crippen molar-refractivity contribution in [3.8, 4) is 0 Å². The van der Waals surface area contributed by atoms with Crippen LogP contribution in [0.1, 0.15) is 40.0 Å². The number of nitrogens with zero attached hydrogens (tertiary/aromatic N) is 1. The maximum atomic E-state index is 5.97. The third-order valence-electron chi connectivity index (χ3n) is 3.91. The SMILES string of the molecule is CNC1CCCC1N1CC(C)OC(C)(C)C1. The molecule has 2 rings (SSSR count). The van der Waals surface area contributed by atoms with Gasteiger partial charge in [-0.05, 0) is 40.7 Å². The Labute approximate surface area is 99.5 Å². The second kappa shape index (κ2) is 4.63. The predicted octanol–water partition coefficient (Wildman–Crippen LogP) is 1.63. The normalized spacial score (nSPS) is 40.1. The molecule has 1 N–H and O–H groups in total. The number of morpholine rings is 1. The third kappa shape index (κ3) is 2.58. The minimum Gasteiger partial charge on any atom is -0.370 e. The first kappa shape index (κ1) is 12.3. The van der Waals surface area contributed by atoms with E-state index in [4.69, 9.17) is 4.74 Å². The fraction of sp³-hybridized carbons (Fsp3) is 1.00. The summed E-state index contributed by atoms with van der Waals surface area (Å²) >= 11 is 0. The maximum Gasteiger partial charge on any atom is 0.0757 e. The Bertz CT molecular complexity index is 242. The zero-order valence-corrected chi connectivity index (χ0v) is 11.1. The lowest BCUT2D eigenvalue weighted by atomic mass is 10.0. The molecule has 0 aromatic rings. The summed E-state index contributed by atoms with van der Waals surface area (Å²) in [4.78, 5) is 2.64. The molecule has 2 aliphatic rings. The van der Waals surface area contributed by atoms with Gasteiger partial charge >= 0.3 is 0 Å². The van der Waals surface area contributed by atoms with Crippen LogP contribution in [0.2, 0.25) is 0 Å². The van der Waals surface area contributed by atoms with Crippen LogP contribution in [0.15, 0.2) is 0 Å². The first-order valence-corrected chi connectivity index (χ1v) is 6.61. The van der Waals surface area contributed by atoms with E-state index in [1.807, 2.05) is 0 Å². The molecule has 3 heteroatoms. The Morgan fingerprint density at radius 1 is 1.31 bits per heavy atom. The zero-order chi connectivity index (χ0) is 11.8. The van der Waals surface area contributed by atoms with Gasteiger partial charge in [0, 0.05) is 25.2 Å². The Kier molecular flexibility index (Phi) is 3.57. The molecule has 1 saturated carbocycles. The molecule has 0 bridgehead atoms. The van der Waals surface area contributed by atoms with E-state index in [0.717, 1.165) is 19.1 Å². The summed E-state index contributed by atoms with van der Waals surface area (Å²) < 4.78 is 5.97. The highest BCUT2D eigenvalue weighted by atomic mass is 16.5. The minimum atomic E-state index is 0.0124. The van der Waals surface area contributed by atoms with Crippen molar-refractivity contribution in [2.24, 2.45) is 0 Å². The van der Waals surface area contributed by atoms with Crippen molar-refractivity contribution in [2.75, 3.05) is 20.1 Å². The van der Waals surface area contributed by atoms with Gasteiger partial charge in [-0.15, -0.1) is 0 Å². The van der Waals surface area contributed by atoms with Gasteiger partial charge in [-0.1, -0.05) is 6.42 Å². The molecule has 3 atom stereocenters. The molecule has 0 amide bonds. The van der Waals surface area contributed by atoms with Gasteiger partial charge in [-0.2, -0.15) is 0 Å². The standard InChI is InChI=1S/C13H26N2O/c1-10-8-15(9-13(2,3)16-10)12-7-5-6-11(12)14-4/h10-12,14H,5-9H2,1-4H3. The summed E-state index contributed by atoms with van der Waals surface area (Å²) in [6, 6.07) is 1.40. The average Bonchev–Trinajstić information content (AvgIpc) is 2.61. The van der Waals surface area contributed by atoms with Gasteiger partial charge in [0.25, 0.3) is 0 Å². The number of nitrogens with one attached hydrogen (secondary N) is 1. The fourth-order valence-corrected chi connectivity index (χ4v) is 3.47. The highest BCUT2D eigenvalue weighted by Crippen LogP contribution is 2.29. The van der Waals surface area contributed by atoms with Gasteiger partial charge in [-0.25, -0.2) is 0 Å². The lowest BCUT2D eigenvalue weighted by Gasteiger charge is -2.45. The number of hydrogen-bond acceptors (Lipinski definition) is 3. The topological polar surface area (TPSA) is 24.5 Å². The molecule has 2 fully saturated rings. The van der Waals surface area contributed by atoms with Crippen LogP contribution in [-0.4, -0.2) is 48.8 Å². The highest BCUT2D eigenvalue weighted by molar-refractivity contribution is 4.94. The molecule has 1 heterocycles. The smallest absolute Gasteiger partial charge is 0.0757 e. The summed E-state index contributed by atoms with van der Waals surface area (Å²) in [7, 11) is 2.10. The largest absolute Gasteiger partial charge is 0.370 e. The summed E-state index contributed by atoms with van der Waals surface area (Å²) in [6.45, 7) is 8.77. The van der Waals surface area contributed by atoms with Crippen molar-refractivity contribution < 1.29 is 4.74 Å². The van der Waals surface area contributed by atoms with Crippen molar-refractivity contribution in [2.45, 2.75) is 63.8 Å². The van der Waals surface area contributed by atoms with Crippen LogP contribution in [0.25, 0.3) is 0 Å². The van der Waals surface area contributed by atoms with E-state index in [0.29, 0.717) is 12.1 Å². The second-order valence-electron chi connectivity index (χ2n) is 6.01. The van der Waals surface area contributed by atoms with Crippen LogP contribution in [0, 0.1) is 0 Å². The summed E-state index contributed by atoms with van der Waals surface area (Å²) in [6.07, 6.45) is 4.39. The van der Waals surface area contributed by atoms with Crippen LogP contribution in [0.5, 0.6) is 0 Å². The fourth-order valence-electron chi connectivity index (χ4n) is 3.47. The zero-order valence-electron chi connectivity index (χ0n) is 11.1. The third-order valence-corrected chi connectivity index (χ3v) is 3.91. The summed E-state index contributed by atoms with van der Waals surface area (Å²) in [5, 5.41) is 3.47. The van der Waals surface area contributed by atoms with Crippen LogP contribution >= 0.6 is 0 Å². The van der Waals surface area contributed by atoms with E-state index < -0.39 is 0 Å². The number of likely N-dealkylation sites (N-methyl/N-ethyl adjacent to an activating group) is 1. The molecular formula is C13H26N2O. The first-order chi connectivity index (χ1) is 7.52. The summed E-state index contributed by atoms with van der Waals surface area (Å²) in [5.74, 6) is 0. The molecule has 0 radical (unpaired) electrons. The Morgan fingerprint density at radius 2 is 2.06 bits per heavy atom. The molecule has 0 spiro atoms. The van der Waals surface area contributed by atoms with Gasteiger partial charge in [0.05, 0.1) is 11.7 Å². The van der Waals surface area contributed by atoms with E-state index in [-0.39, 0.29) is 5.60 Å². The van der Waals surface area contributed by atoms with Gasteiger partial charge in [-0.3, -0.25) is 4.90 Å². The quantitative estimate of drug-likeness (QED) is 0.774.